The lowest BCUT2D eigenvalue weighted by atomic mass is 10.0. The predicted octanol–water partition coefficient (Wildman–Crippen LogP) is 3.31. The molecule has 1 fully saturated rings. The zero-order valence-corrected chi connectivity index (χ0v) is 11.4. The maximum absolute atomic E-state index is 3.71. The summed E-state index contributed by atoms with van der Waals surface area (Å²) in [4.78, 5) is 2.43. The first kappa shape index (κ1) is 12.4. The minimum Gasteiger partial charge on any atom is -0.381 e. The summed E-state index contributed by atoms with van der Waals surface area (Å²) in [5, 5.41) is 3.71. The number of anilines is 1. The zero-order chi connectivity index (χ0) is 12.4. The minimum atomic E-state index is 0.579. The van der Waals surface area contributed by atoms with E-state index in [4.69, 9.17) is 0 Å². The second kappa shape index (κ2) is 5.09. The van der Waals surface area contributed by atoms with Crippen molar-refractivity contribution in [1.82, 2.24) is 4.90 Å². The van der Waals surface area contributed by atoms with Gasteiger partial charge >= 0.3 is 0 Å². The van der Waals surface area contributed by atoms with Crippen molar-refractivity contribution in [3.05, 3.63) is 29.8 Å². The summed E-state index contributed by atoms with van der Waals surface area (Å²) >= 11 is 0. The monoisotopic (exact) mass is 232 g/mol. The Morgan fingerprint density at radius 2 is 2.00 bits per heavy atom. The van der Waals surface area contributed by atoms with Crippen molar-refractivity contribution in [1.29, 1.82) is 0 Å². The van der Waals surface area contributed by atoms with Gasteiger partial charge in [0.05, 0.1) is 0 Å². The molecule has 2 atom stereocenters. The molecule has 1 saturated heterocycles. The van der Waals surface area contributed by atoms with Crippen LogP contribution in [0.5, 0.6) is 0 Å². The van der Waals surface area contributed by atoms with Crippen LogP contribution in [0.1, 0.15) is 38.7 Å². The summed E-state index contributed by atoms with van der Waals surface area (Å²) in [6.07, 6.45) is 1.24. The Kier molecular flexibility index (Phi) is 3.72. The Morgan fingerprint density at radius 3 is 2.59 bits per heavy atom. The van der Waals surface area contributed by atoms with Gasteiger partial charge in [-0.2, -0.15) is 0 Å². The van der Waals surface area contributed by atoms with Crippen molar-refractivity contribution in [3.8, 4) is 0 Å². The molecule has 1 aromatic carbocycles. The highest BCUT2D eigenvalue weighted by molar-refractivity contribution is 5.53. The van der Waals surface area contributed by atoms with Crippen molar-refractivity contribution < 1.29 is 0 Å². The summed E-state index contributed by atoms with van der Waals surface area (Å²) in [5.41, 5.74) is 2.74. The average Bonchev–Trinajstić information content (AvgIpc) is 2.58. The molecular formula is C15H24N2. The second-order valence-electron chi connectivity index (χ2n) is 5.61. The Balaban J connectivity index is 2.09. The SMILES string of the molecule is CC(C)c1ccccc1NC1CC(C)N(C)C1. The summed E-state index contributed by atoms with van der Waals surface area (Å²) in [5.74, 6) is 0.579. The van der Waals surface area contributed by atoms with E-state index in [1.165, 1.54) is 17.7 Å². The topological polar surface area (TPSA) is 15.3 Å². The highest BCUT2D eigenvalue weighted by Crippen LogP contribution is 2.26. The highest BCUT2D eigenvalue weighted by Gasteiger charge is 2.26. The molecule has 2 nitrogen and oxygen atoms in total. The van der Waals surface area contributed by atoms with Crippen LogP contribution in [0.2, 0.25) is 0 Å². The maximum atomic E-state index is 3.71. The second-order valence-corrected chi connectivity index (χ2v) is 5.61. The lowest BCUT2D eigenvalue weighted by Crippen LogP contribution is -2.25. The molecule has 0 radical (unpaired) electrons. The highest BCUT2D eigenvalue weighted by atomic mass is 15.2. The number of nitrogens with one attached hydrogen (secondary N) is 1. The number of hydrogen-bond acceptors (Lipinski definition) is 2. The lowest BCUT2D eigenvalue weighted by Gasteiger charge is -2.19. The molecule has 1 aliphatic heterocycles. The molecule has 0 spiro atoms. The fourth-order valence-corrected chi connectivity index (χ4v) is 2.65. The third-order valence-electron chi connectivity index (χ3n) is 3.83. The van der Waals surface area contributed by atoms with E-state index in [-0.39, 0.29) is 0 Å². The molecular weight excluding hydrogens is 208 g/mol. The number of para-hydroxylation sites is 1. The van der Waals surface area contributed by atoms with Gasteiger partial charge < -0.3 is 10.2 Å². The van der Waals surface area contributed by atoms with Crippen LogP contribution < -0.4 is 5.32 Å². The van der Waals surface area contributed by atoms with Crippen LogP contribution in [0, 0.1) is 0 Å². The largest absolute Gasteiger partial charge is 0.381 e. The van der Waals surface area contributed by atoms with Crippen LogP contribution in [0.15, 0.2) is 24.3 Å². The van der Waals surface area contributed by atoms with Crippen LogP contribution in [0.4, 0.5) is 5.69 Å². The van der Waals surface area contributed by atoms with E-state index < -0.39 is 0 Å². The molecule has 2 heteroatoms. The van der Waals surface area contributed by atoms with E-state index >= 15 is 0 Å². The van der Waals surface area contributed by atoms with E-state index in [2.05, 4.69) is 62.3 Å². The van der Waals surface area contributed by atoms with Crippen molar-refractivity contribution >= 4 is 5.69 Å². The predicted molar refractivity (Wildman–Crippen MR) is 74.7 cm³/mol. The maximum Gasteiger partial charge on any atom is 0.0403 e. The molecule has 0 amide bonds. The standard InChI is InChI=1S/C15H24N2/c1-11(2)14-7-5-6-8-15(14)16-13-9-12(3)17(4)10-13/h5-8,11-13,16H,9-10H2,1-4H3. The van der Waals surface area contributed by atoms with E-state index in [0.717, 1.165) is 6.54 Å². The van der Waals surface area contributed by atoms with E-state index in [1.54, 1.807) is 0 Å². The first-order valence-electron chi connectivity index (χ1n) is 6.63. The molecule has 0 aliphatic carbocycles. The van der Waals surface area contributed by atoms with Crippen LogP contribution in [-0.4, -0.2) is 30.6 Å². The number of likely N-dealkylation sites (tertiary alicyclic amines) is 1. The van der Waals surface area contributed by atoms with Gasteiger partial charge in [0.2, 0.25) is 0 Å². The molecule has 0 bridgehead atoms. The van der Waals surface area contributed by atoms with Gasteiger partial charge in [-0.3, -0.25) is 0 Å². The van der Waals surface area contributed by atoms with Crippen molar-refractivity contribution in [2.45, 2.75) is 45.2 Å². The zero-order valence-electron chi connectivity index (χ0n) is 11.4. The van der Waals surface area contributed by atoms with Crippen LogP contribution in [0.25, 0.3) is 0 Å². The fourth-order valence-electron chi connectivity index (χ4n) is 2.65. The van der Waals surface area contributed by atoms with Crippen LogP contribution in [0.3, 0.4) is 0 Å². The summed E-state index contributed by atoms with van der Waals surface area (Å²) < 4.78 is 0. The number of rotatable bonds is 3. The van der Waals surface area contributed by atoms with Gasteiger partial charge in [-0.05, 0) is 37.9 Å². The molecule has 17 heavy (non-hydrogen) atoms. The molecule has 1 aliphatic rings. The minimum absolute atomic E-state index is 0.579. The smallest absolute Gasteiger partial charge is 0.0403 e. The Labute approximate surface area is 105 Å². The normalized spacial score (nSPS) is 25.5. The molecule has 0 aromatic heterocycles. The Morgan fingerprint density at radius 1 is 1.29 bits per heavy atom. The Bertz CT molecular complexity index is 363. The molecule has 94 valence electrons. The van der Waals surface area contributed by atoms with Crippen molar-refractivity contribution in [3.63, 3.8) is 0 Å². The third-order valence-corrected chi connectivity index (χ3v) is 3.83. The first-order chi connectivity index (χ1) is 8.08. The number of likely N-dealkylation sites (N-methyl/N-ethyl adjacent to an activating group) is 1. The fraction of sp³-hybridized carbons (Fsp3) is 0.600. The molecule has 1 N–H and O–H groups in total. The van der Waals surface area contributed by atoms with Crippen molar-refractivity contribution in [2.75, 3.05) is 18.9 Å². The van der Waals surface area contributed by atoms with Gasteiger partial charge in [-0.15, -0.1) is 0 Å². The third kappa shape index (κ3) is 2.81. The van der Waals surface area contributed by atoms with Gasteiger partial charge in [0.1, 0.15) is 0 Å². The molecule has 2 rings (SSSR count). The van der Waals surface area contributed by atoms with Gasteiger partial charge in [0.15, 0.2) is 0 Å². The van der Waals surface area contributed by atoms with Crippen molar-refractivity contribution in [2.24, 2.45) is 0 Å². The number of hydrogen-bond donors (Lipinski definition) is 1. The van der Waals surface area contributed by atoms with Crippen LogP contribution in [-0.2, 0) is 0 Å². The quantitative estimate of drug-likeness (QED) is 0.860. The summed E-state index contributed by atoms with van der Waals surface area (Å²) in [6.45, 7) is 7.96. The van der Waals surface area contributed by atoms with Gasteiger partial charge in [-0.25, -0.2) is 0 Å². The summed E-state index contributed by atoms with van der Waals surface area (Å²) in [7, 11) is 2.21. The average molecular weight is 232 g/mol. The molecule has 1 heterocycles. The lowest BCUT2D eigenvalue weighted by molar-refractivity contribution is 0.330. The molecule has 0 saturated carbocycles. The number of nitrogens with zero attached hydrogens (tertiary/aromatic N) is 1. The van der Waals surface area contributed by atoms with Crippen LogP contribution >= 0.6 is 0 Å². The summed E-state index contributed by atoms with van der Waals surface area (Å²) in [6, 6.07) is 9.97. The van der Waals surface area contributed by atoms with Gasteiger partial charge in [0.25, 0.3) is 0 Å². The van der Waals surface area contributed by atoms with Gasteiger partial charge in [0, 0.05) is 24.3 Å². The molecule has 2 unspecified atom stereocenters. The van der Waals surface area contributed by atoms with Gasteiger partial charge in [-0.1, -0.05) is 32.0 Å². The van der Waals surface area contributed by atoms with E-state index in [1.807, 2.05) is 0 Å². The number of benzene rings is 1. The molecule has 1 aromatic rings. The first-order valence-corrected chi connectivity index (χ1v) is 6.63. The Hall–Kier alpha value is -1.02. The van der Waals surface area contributed by atoms with E-state index in [0.29, 0.717) is 18.0 Å². The van der Waals surface area contributed by atoms with E-state index in [9.17, 15) is 0 Å².